The number of pyridine rings is 1. The predicted octanol–water partition coefficient (Wildman–Crippen LogP) is 1.79. The van der Waals surface area contributed by atoms with E-state index in [9.17, 15) is 10.1 Å². The van der Waals surface area contributed by atoms with Crippen molar-refractivity contribution in [3.63, 3.8) is 0 Å². The van der Waals surface area contributed by atoms with Crippen molar-refractivity contribution in [2.75, 3.05) is 19.8 Å². The molecule has 0 aromatic carbocycles. The Hall–Kier alpha value is -2.17. The molecule has 0 bridgehead atoms. The molecule has 0 radical (unpaired) electrons. The predicted molar refractivity (Wildman–Crippen MR) is 93.7 cm³/mol. The van der Waals surface area contributed by atoms with E-state index in [1.165, 1.54) is 0 Å². The number of carbonyl (C=O) groups excluding carboxylic acids is 1. The number of hydrogen-bond donors (Lipinski definition) is 1. The summed E-state index contributed by atoms with van der Waals surface area (Å²) in [5.74, 6) is -0.0288. The van der Waals surface area contributed by atoms with Crippen molar-refractivity contribution in [2.24, 2.45) is 0 Å². The number of ether oxygens (including phenoxy) is 3. The molecular weight excluding hydrogens is 334 g/mol. The number of fused-ring (bicyclic) bond motifs is 1. The molecule has 140 valence electrons. The van der Waals surface area contributed by atoms with Gasteiger partial charge in [-0.3, -0.25) is 4.79 Å². The second kappa shape index (κ2) is 7.60. The summed E-state index contributed by atoms with van der Waals surface area (Å²) >= 11 is 0. The van der Waals surface area contributed by atoms with Crippen molar-refractivity contribution in [1.29, 1.82) is 5.26 Å². The van der Waals surface area contributed by atoms with E-state index in [0.717, 1.165) is 36.3 Å². The van der Waals surface area contributed by atoms with Gasteiger partial charge >= 0.3 is 0 Å². The third-order valence-corrected chi connectivity index (χ3v) is 4.80. The van der Waals surface area contributed by atoms with Gasteiger partial charge in [0.25, 0.3) is 5.91 Å². The fraction of sp³-hybridized carbons (Fsp3) is 0.632. The Morgan fingerprint density at radius 2 is 2.27 bits per heavy atom. The summed E-state index contributed by atoms with van der Waals surface area (Å²) in [6, 6.07) is 2.19. The maximum absolute atomic E-state index is 12.0. The molecule has 3 rings (SSSR count). The monoisotopic (exact) mass is 359 g/mol. The zero-order chi connectivity index (χ0) is 18.7. The molecule has 1 atom stereocenters. The molecule has 0 saturated carbocycles. The average molecular weight is 359 g/mol. The first-order valence-corrected chi connectivity index (χ1v) is 8.97. The minimum Gasteiger partial charge on any atom is -0.467 e. The highest BCUT2D eigenvalue weighted by Gasteiger charge is 2.31. The van der Waals surface area contributed by atoms with Gasteiger partial charge in [-0.25, -0.2) is 4.98 Å². The summed E-state index contributed by atoms with van der Waals surface area (Å²) in [4.78, 5) is 16.4. The van der Waals surface area contributed by atoms with E-state index >= 15 is 0 Å². The summed E-state index contributed by atoms with van der Waals surface area (Å²) in [7, 11) is 0. The zero-order valence-corrected chi connectivity index (χ0v) is 15.6. The van der Waals surface area contributed by atoms with Gasteiger partial charge in [0, 0.05) is 30.8 Å². The van der Waals surface area contributed by atoms with Crippen molar-refractivity contribution in [3.8, 4) is 11.9 Å². The second-order valence-corrected chi connectivity index (χ2v) is 7.40. The maximum atomic E-state index is 12.0. The van der Waals surface area contributed by atoms with Crippen molar-refractivity contribution in [2.45, 2.75) is 58.3 Å². The lowest BCUT2D eigenvalue weighted by Crippen LogP contribution is -2.35. The lowest BCUT2D eigenvalue weighted by molar-refractivity contribution is -0.123. The molecule has 1 aromatic heterocycles. The molecule has 0 unspecified atom stereocenters. The van der Waals surface area contributed by atoms with Gasteiger partial charge in [0.15, 0.2) is 6.61 Å². The van der Waals surface area contributed by atoms with Crippen LogP contribution in [-0.4, -0.2) is 42.4 Å². The highest BCUT2D eigenvalue weighted by atomic mass is 16.5. The van der Waals surface area contributed by atoms with Gasteiger partial charge in [0.2, 0.25) is 5.88 Å². The summed E-state index contributed by atoms with van der Waals surface area (Å²) < 4.78 is 16.9. The van der Waals surface area contributed by atoms with Crippen molar-refractivity contribution in [1.82, 2.24) is 10.3 Å². The Bertz CT molecular complexity index is 733. The van der Waals surface area contributed by atoms with E-state index < -0.39 is 0 Å². The molecule has 1 amide bonds. The number of aromatic nitrogens is 1. The first kappa shape index (κ1) is 18.6. The molecule has 1 fully saturated rings. The van der Waals surface area contributed by atoms with Crippen LogP contribution in [0.5, 0.6) is 5.88 Å². The topological polar surface area (TPSA) is 93.5 Å². The number of nitrogens with zero attached hydrogens (tertiary/aromatic N) is 2. The minimum atomic E-state index is -0.345. The molecule has 0 aliphatic carbocycles. The van der Waals surface area contributed by atoms with Crippen LogP contribution in [0.15, 0.2) is 0 Å². The van der Waals surface area contributed by atoms with Crippen LogP contribution in [0.2, 0.25) is 0 Å². The number of nitrogens with one attached hydrogen (secondary N) is 1. The van der Waals surface area contributed by atoms with E-state index in [4.69, 9.17) is 14.2 Å². The summed E-state index contributed by atoms with van der Waals surface area (Å²) in [6.07, 6.45) is 2.68. The van der Waals surface area contributed by atoms with Crippen LogP contribution in [0.4, 0.5) is 0 Å². The largest absolute Gasteiger partial charge is 0.467 e. The van der Waals surface area contributed by atoms with Gasteiger partial charge in [0.05, 0.1) is 18.3 Å². The molecule has 1 N–H and O–H groups in total. The Morgan fingerprint density at radius 1 is 1.46 bits per heavy atom. The molecule has 2 aliphatic heterocycles. The van der Waals surface area contributed by atoms with Crippen LogP contribution in [-0.2, 0) is 27.3 Å². The number of nitriles is 1. The fourth-order valence-corrected chi connectivity index (χ4v) is 3.34. The first-order valence-electron chi connectivity index (χ1n) is 8.97. The lowest BCUT2D eigenvalue weighted by Gasteiger charge is -2.33. The molecule has 7 nitrogen and oxygen atoms in total. The average Bonchev–Trinajstić information content (AvgIpc) is 3.10. The summed E-state index contributed by atoms with van der Waals surface area (Å²) in [5, 5.41) is 12.4. The second-order valence-electron chi connectivity index (χ2n) is 7.40. The smallest absolute Gasteiger partial charge is 0.258 e. The number of rotatable bonds is 5. The summed E-state index contributed by atoms with van der Waals surface area (Å²) in [5.41, 5.74) is 2.67. The van der Waals surface area contributed by atoms with Crippen LogP contribution >= 0.6 is 0 Å². The molecular formula is C19H25N3O4. The zero-order valence-electron chi connectivity index (χ0n) is 15.6. The number of hydrogen-bond acceptors (Lipinski definition) is 6. The Labute approximate surface area is 153 Å². The van der Waals surface area contributed by atoms with E-state index in [1.807, 2.05) is 20.8 Å². The third-order valence-electron chi connectivity index (χ3n) is 4.80. The minimum absolute atomic E-state index is 0.0833. The molecule has 1 aromatic rings. The van der Waals surface area contributed by atoms with Crippen molar-refractivity contribution < 1.29 is 19.0 Å². The molecule has 2 aliphatic rings. The van der Waals surface area contributed by atoms with Crippen LogP contribution < -0.4 is 10.1 Å². The van der Waals surface area contributed by atoms with Gasteiger partial charge < -0.3 is 19.5 Å². The van der Waals surface area contributed by atoms with Gasteiger partial charge in [-0.15, -0.1) is 0 Å². The van der Waals surface area contributed by atoms with Crippen LogP contribution in [0, 0.1) is 18.3 Å². The quantitative estimate of drug-likeness (QED) is 0.861. The SMILES string of the molecule is Cc1nc(OCC(=O)NC[C@H]2CCCO2)c(C#N)c2c1COC(C)(C)C2. The van der Waals surface area contributed by atoms with Gasteiger partial charge in [0.1, 0.15) is 11.6 Å². The Balaban J connectivity index is 1.69. The third kappa shape index (κ3) is 4.14. The Kier molecular flexibility index (Phi) is 5.44. The molecule has 0 spiro atoms. The van der Waals surface area contributed by atoms with Crippen molar-refractivity contribution in [3.05, 3.63) is 22.4 Å². The molecule has 26 heavy (non-hydrogen) atoms. The molecule has 7 heteroatoms. The highest BCUT2D eigenvalue weighted by molar-refractivity contribution is 5.77. The molecule has 3 heterocycles. The van der Waals surface area contributed by atoms with Gasteiger partial charge in [-0.1, -0.05) is 0 Å². The van der Waals surface area contributed by atoms with Crippen molar-refractivity contribution >= 4 is 5.91 Å². The van der Waals surface area contributed by atoms with Crippen LogP contribution in [0.1, 0.15) is 49.1 Å². The standard InChI is InChI=1S/C19H25N3O4/c1-12-16-10-26-19(2,3)7-14(16)15(8-20)18(22-12)25-11-17(23)21-9-13-5-4-6-24-13/h13H,4-7,9-11H2,1-3H3,(H,21,23)/t13-/m1/s1. The van der Waals surface area contributed by atoms with E-state index in [1.54, 1.807) is 0 Å². The maximum Gasteiger partial charge on any atom is 0.258 e. The number of aryl methyl sites for hydroxylation is 1. The van der Waals surface area contributed by atoms with E-state index in [-0.39, 0.29) is 30.1 Å². The van der Waals surface area contributed by atoms with Gasteiger partial charge in [-0.2, -0.15) is 5.26 Å². The van der Waals surface area contributed by atoms with E-state index in [2.05, 4.69) is 16.4 Å². The Morgan fingerprint density at radius 3 is 2.96 bits per heavy atom. The van der Waals surface area contributed by atoms with Crippen LogP contribution in [0.25, 0.3) is 0 Å². The van der Waals surface area contributed by atoms with E-state index in [0.29, 0.717) is 25.1 Å². The van der Waals surface area contributed by atoms with Crippen LogP contribution in [0.3, 0.4) is 0 Å². The highest BCUT2D eigenvalue weighted by Crippen LogP contribution is 2.34. The summed E-state index contributed by atoms with van der Waals surface area (Å²) in [6.45, 7) is 7.34. The number of carbonyl (C=O) groups is 1. The fourth-order valence-electron chi connectivity index (χ4n) is 3.34. The number of amides is 1. The first-order chi connectivity index (χ1) is 12.4. The normalized spacial score (nSPS) is 20.9. The molecule has 1 saturated heterocycles. The lowest BCUT2D eigenvalue weighted by atomic mass is 9.88. The van der Waals surface area contributed by atoms with Gasteiger partial charge in [-0.05, 0) is 39.2 Å².